The minimum atomic E-state index is -0.359. The summed E-state index contributed by atoms with van der Waals surface area (Å²) in [6, 6.07) is 2.10. The van der Waals surface area contributed by atoms with Crippen molar-refractivity contribution in [1.82, 2.24) is 10.1 Å². The Morgan fingerprint density at radius 3 is 2.90 bits per heavy atom. The quantitative estimate of drug-likeness (QED) is 0.922. The molecule has 0 bridgehead atoms. The molecule has 1 fully saturated rings. The molecule has 1 saturated carbocycles. The summed E-state index contributed by atoms with van der Waals surface area (Å²) in [6.07, 6.45) is 4.01. The first kappa shape index (κ1) is 14.0. The lowest BCUT2D eigenvalue weighted by atomic mass is 9.77. The van der Waals surface area contributed by atoms with E-state index in [1.165, 1.54) is 10.4 Å². The Labute approximate surface area is 126 Å². The molecule has 2 aromatic heterocycles. The third-order valence-electron chi connectivity index (χ3n) is 3.96. The minimum Gasteiger partial charge on any atom is -0.376 e. The molecule has 0 radical (unpaired) electrons. The van der Waals surface area contributed by atoms with Gasteiger partial charge >= 0.3 is 0 Å². The highest BCUT2D eigenvalue weighted by atomic mass is 35.5. The van der Waals surface area contributed by atoms with Gasteiger partial charge in [0.2, 0.25) is 0 Å². The molecule has 0 aromatic carbocycles. The predicted molar refractivity (Wildman–Crippen MR) is 77.9 cm³/mol. The van der Waals surface area contributed by atoms with Crippen LogP contribution in [0.1, 0.15) is 35.5 Å². The summed E-state index contributed by atoms with van der Waals surface area (Å²) >= 11 is 1.72. The molecule has 5 nitrogen and oxygen atoms in total. The molecule has 3 heterocycles. The first-order valence-corrected chi connectivity index (χ1v) is 7.39. The maximum Gasteiger partial charge on any atom is 0.268 e. The summed E-state index contributed by atoms with van der Waals surface area (Å²) in [5.74, 6) is 1.24. The largest absolute Gasteiger partial charge is 0.376 e. The second-order valence-electron chi connectivity index (χ2n) is 5.29. The summed E-state index contributed by atoms with van der Waals surface area (Å²) in [5.41, 5.74) is 7.10. The zero-order valence-corrected chi connectivity index (χ0v) is 12.6. The molecule has 108 valence electrons. The van der Waals surface area contributed by atoms with Crippen LogP contribution in [-0.4, -0.2) is 16.7 Å². The van der Waals surface area contributed by atoms with Crippen molar-refractivity contribution in [3.63, 3.8) is 0 Å². The van der Waals surface area contributed by atoms with E-state index in [1.807, 2.05) is 0 Å². The molecular formula is C13H16ClN3O2S. The summed E-state index contributed by atoms with van der Waals surface area (Å²) < 4.78 is 10.8. The molecule has 4 rings (SSSR count). The lowest BCUT2D eigenvalue weighted by molar-refractivity contribution is 0.112. The number of nitrogens with zero attached hydrogens (tertiary/aromatic N) is 2. The molecule has 1 aliphatic carbocycles. The van der Waals surface area contributed by atoms with Crippen molar-refractivity contribution in [3.8, 4) is 10.8 Å². The topological polar surface area (TPSA) is 74.2 Å². The SMILES string of the molecule is Cl.NC1(c2noc(-c3cc4c(s3)CCOC4)n2)CCC1. The smallest absolute Gasteiger partial charge is 0.268 e. The van der Waals surface area contributed by atoms with Crippen molar-refractivity contribution in [2.24, 2.45) is 5.73 Å². The molecule has 2 aliphatic rings. The number of hydrogen-bond acceptors (Lipinski definition) is 6. The van der Waals surface area contributed by atoms with Gasteiger partial charge in [-0.2, -0.15) is 4.98 Å². The average molecular weight is 314 g/mol. The van der Waals surface area contributed by atoms with Gasteiger partial charge in [0.05, 0.1) is 23.6 Å². The standard InChI is InChI=1S/C13H15N3O2S.ClH/c14-13(3-1-4-13)12-15-11(18-16-12)10-6-8-7-17-5-2-9(8)19-10;/h6H,1-5,7,14H2;1H. The van der Waals surface area contributed by atoms with Crippen LogP contribution in [0.25, 0.3) is 10.8 Å². The van der Waals surface area contributed by atoms with Gasteiger partial charge in [0.1, 0.15) is 0 Å². The number of rotatable bonds is 2. The Morgan fingerprint density at radius 1 is 1.35 bits per heavy atom. The van der Waals surface area contributed by atoms with Crippen molar-refractivity contribution in [2.45, 2.75) is 37.8 Å². The van der Waals surface area contributed by atoms with Gasteiger partial charge < -0.3 is 15.0 Å². The van der Waals surface area contributed by atoms with Crippen LogP contribution in [0.2, 0.25) is 0 Å². The molecular weight excluding hydrogens is 298 g/mol. The third kappa shape index (κ3) is 2.16. The van der Waals surface area contributed by atoms with E-state index in [4.69, 9.17) is 15.0 Å². The van der Waals surface area contributed by atoms with E-state index in [-0.39, 0.29) is 17.9 Å². The van der Waals surface area contributed by atoms with Gasteiger partial charge in [0, 0.05) is 11.3 Å². The fourth-order valence-corrected chi connectivity index (χ4v) is 3.63. The number of halogens is 1. The van der Waals surface area contributed by atoms with Gasteiger partial charge in [-0.25, -0.2) is 0 Å². The monoisotopic (exact) mass is 313 g/mol. The first-order valence-electron chi connectivity index (χ1n) is 6.57. The van der Waals surface area contributed by atoms with Crippen LogP contribution in [0.3, 0.4) is 0 Å². The maximum absolute atomic E-state index is 6.21. The van der Waals surface area contributed by atoms with E-state index in [0.29, 0.717) is 18.3 Å². The Balaban J connectivity index is 0.00000121. The van der Waals surface area contributed by atoms with Crippen LogP contribution in [0.15, 0.2) is 10.6 Å². The molecule has 0 saturated heterocycles. The van der Waals surface area contributed by atoms with Gasteiger partial charge in [-0.05, 0) is 30.9 Å². The Morgan fingerprint density at radius 2 is 2.20 bits per heavy atom. The number of nitrogens with two attached hydrogens (primary N) is 1. The van der Waals surface area contributed by atoms with Crippen molar-refractivity contribution < 1.29 is 9.26 Å². The van der Waals surface area contributed by atoms with Crippen LogP contribution in [-0.2, 0) is 23.3 Å². The summed E-state index contributed by atoms with van der Waals surface area (Å²) in [5, 5.41) is 4.06. The number of fused-ring (bicyclic) bond motifs is 1. The van der Waals surface area contributed by atoms with Gasteiger partial charge in [-0.3, -0.25) is 0 Å². The van der Waals surface area contributed by atoms with Crippen LogP contribution in [0, 0.1) is 0 Å². The molecule has 0 unspecified atom stereocenters. The maximum atomic E-state index is 6.21. The van der Waals surface area contributed by atoms with E-state index in [0.717, 1.165) is 37.2 Å². The highest BCUT2D eigenvalue weighted by Gasteiger charge is 2.39. The minimum absolute atomic E-state index is 0. The second kappa shape index (κ2) is 5.11. The zero-order valence-electron chi connectivity index (χ0n) is 10.9. The fourth-order valence-electron chi connectivity index (χ4n) is 2.56. The molecule has 0 spiro atoms. The van der Waals surface area contributed by atoms with E-state index < -0.39 is 0 Å². The normalized spacial score (nSPS) is 19.9. The number of thiophene rings is 1. The zero-order chi connectivity index (χ0) is 12.9. The van der Waals surface area contributed by atoms with Crippen LogP contribution < -0.4 is 5.73 Å². The Bertz CT molecular complexity index is 597. The summed E-state index contributed by atoms with van der Waals surface area (Å²) in [4.78, 5) is 6.88. The molecule has 20 heavy (non-hydrogen) atoms. The Hall–Kier alpha value is -0.950. The van der Waals surface area contributed by atoms with Crippen LogP contribution in [0.5, 0.6) is 0 Å². The molecule has 2 N–H and O–H groups in total. The molecule has 0 amide bonds. The number of hydrogen-bond donors (Lipinski definition) is 1. The van der Waals surface area contributed by atoms with E-state index >= 15 is 0 Å². The van der Waals surface area contributed by atoms with Gasteiger partial charge in [-0.1, -0.05) is 5.16 Å². The average Bonchev–Trinajstić information content (AvgIpc) is 3.02. The molecule has 1 aliphatic heterocycles. The third-order valence-corrected chi connectivity index (χ3v) is 5.18. The van der Waals surface area contributed by atoms with E-state index in [1.54, 1.807) is 11.3 Å². The highest BCUT2D eigenvalue weighted by Crippen LogP contribution is 2.39. The van der Waals surface area contributed by atoms with E-state index in [9.17, 15) is 0 Å². The van der Waals surface area contributed by atoms with Gasteiger partial charge in [0.25, 0.3) is 5.89 Å². The number of ether oxygens (including phenoxy) is 1. The first-order chi connectivity index (χ1) is 9.24. The van der Waals surface area contributed by atoms with Gasteiger partial charge in [0.15, 0.2) is 5.82 Å². The number of aromatic nitrogens is 2. The molecule has 2 aromatic rings. The van der Waals surface area contributed by atoms with Gasteiger partial charge in [-0.15, -0.1) is 23.7 Å². The van der Waals surface area contributed by atoms with Crippen molar-refractivity contribution in [2.75, 3.05) is 6.61 Å². The van der Waals surface area contributed by atoms with Crippen LogP contribution in [0.4, 0.5) is 0 Å². The fraction of sp³-hybridized carbons (Fsp3) is 0.538. The van der Waals surface area contributed by atoms with E-state index in [2.05, 4.69) is 16.2 Å². The molecule has 7 heteroatoms. The second-order valence-corrected chi connectivity index (χ2v) is 6.43. The lowest BCUT2D eigenvalue weighted by Gasteiger charge is -2.34. The van der Waals surface area contributed by atoms with Crippen LogP contribution >= 0.6 is 23.7 Å². The van der Waals surface area contributed by atoms with Crippen molar-refractivity contribution >= 4 is 23.7 Å². The lowest BCUT2D eigenvalue weighted by Crippen LogP contribution is -2.44. The van der Waals surface area contributed by atoms with Crippen molar-refractivity contribution in [1.29, 1.82) is 0 Å². The summed E-state index contributed by atoms with van der Waals surface area (Å²) in [6.45, 7) is 1.49. The molecule has 0 atom stereocenters. The van der Waals surface area contributed by atoms with Crippen molar-refractivity contribution in [3.05, 3.63) is 22.3 Å². The Kier molecular flexibility index (Phi) is 3.58. The summed E-state index contributed by atoms with van der Waals surface area (Å²) in [7, 11) is 0. The predicted octanol–water partition coefficient (Wildman–Crippen LogP) is 2.63. The highest BCUT2D eigenvalue weighted by molar-refractivity contribution is 7.15.